The number of aromatic nitrogens is 2. The smallest absolute Gasteiger partial charge is 0.299 e. The zero-order chi connectivity index (χ0) is 13.8. The molecule has 102 valence electrons. The molecule has 4 nitrogen and oxygen atoms in total. The van der Waals surface area contributed by atoms with Gasteiger partial charge in [0.25, 0.3) is 5.19 Å². The monoisotopic (exact) mass is 281 g/mol. The Labute approximate surface area is 115 Å². The van der Waals surface area contributed by atoms with Crippen molar-refractivity contribution in [2.45, 2.75) is 33.4 Å². The fraction of sp³-hybridized carbons (Fsp3) is 0.385. The highest BCUT2D eigenvalue weighted by atomic mass is 32.1. The minimum absolute atomic E-state index is 0.244. The number of nitrogens with one attached hydrogen (secondary N) is 1. The number of rotatable bonds is 5. The molecular formula is C13H16FN3OS. The second-order valence-electron chi connectivity index (χ2n) is 4.51. The molecule has 0 aliphatic heterocycles. The van der Waals surface area contributed by atoms with E-state index in [1.807, 2.05) is 0 Å². The maximum atomic E-state index is 13.1. The number of benzene rings is 1. The van der Waals surface area contributed by atoms with Crippen molar-refractivity contribution in [1.29, 1.82) is 0 Å². The fourth-order valence-electron chi connectivity index (χ4n) is 1.42. The zero-order valence-corrected chi connectivity index (χ0v) is 11.9. The lowest BCUT2D eigenvalue weighted by Gasteiger charge is -2.04. The van der Waals surface area contributed by atoms with Gasteiger partial charge < -0.3 is 10.1 Å². The van der Waals surface area contributed by atoms with E-state index in [0.29, 0.717) is 29.1 Å². The predicted octanol–water partition coefficient (Wildman–Crippen LogP) is 3.28. The summed E-state index contributed by atoms with van der Waals surface area (Å²) in [6.45, 7) is 6.50. The standard InChI is InChI=1S/C13H16FN3OS/c1-8(2)15-7-12-16-17-13(19-12)18-10-4-5-11(14)9(3)6-10/h4-6,8,15H,7H2,1-3H3. The normalized spacial score (nSPS) is 11.0. The molecule has 1 heterocycles. The van der Waals surface area contributed by atoms with Crippen molar-refractivity contribution in [3.63, 3.8) is 0 Å². The molecule has 0 saturated heterocycles. The first-order valence-electron chi connectivity index (χ1n) is 6.04. The summed E-state index contributed by atoms with van der Waals surface area (Å²) in [6, 6.07) is 5.00. The van der Waals surface area contributed by atoms with E-state index in [2.05, 4.69) is 29.4 Å². The average molecular weight is 281 g/mol. The van der Waals surface area contributed by atoms with E-state index in [9.17, 15) is 4.39 Å². The van der Waals surface area contributed by atoms with Crippen LogP contribution in [0.5, 0.6) is 10.9 Å². The van der Waals surface area contributed by atoms with Crippen LogP contribution in [-0.2, 0) is 6.54 Å². The number of hydrogen-bond acceptors (Lipinski definition) is 5. The van der Waals surface area contributed by atoms with Crippen LogP contribution < -0.4 is 10.1 Å². The van der Waals surface area contributed by atoms with Crippen LogP contribution in [0, 0.1) is 12.7 Å². The Hall–Kier alpha value is -1.53. The van der Waals surface area contributed by atoms with Gasteiger partial charge in [0.2, 0.25) is 0 Å². The van der Waals surface area contributed by atoms with Crippen molar-refractivity contribution < 1.29 is 9.13 Å². The van der Waals surface area contributed by atoms with E-state index in [4.69, 9.17) is 4.74 Å². The molecule has 0 amide bonds. The predicted molar refractivity (Wildman–Crippen MR) is 73.1 cm³/mol. The van der Waals surface area contributed by atoms with Crippen LogP contribution in [0.1, 0.15) is 24.4 Å². The highest BCUT2D eigenvalue weighted by Crippen LogP contribution is 2.26. The summed E-state index contributed by atoms with van der Waals surface area (Å²) < 4.78 is 18.7. The second-order valence-corrected chi connectivity index (χ2v) is 5.53. The molecule has 0 unspecified atom stereocenters. The summed E-state index contributed by atoms with van der Waals surface area (Å²) in [5.74, 6) is 0.324. The van der Waals surface area contributed by atoms with Crippen molar-refractivity contribution >= 4 is 11.3 Å². The van der Waals surface area contributed by atoms with Gasteiger partial charge in [-0.1, -0.05) is 30.3 Å². The Bertz CT molecular complexity index is 557. The Morgan fingerprint density at radius 1 is 1.37 bits per heavy atom. The molecular weight excluding hydrogens is 265 g/mol. The highest BCUT2D eigenvalue weighted by Gasteiger charge is 2.08. The first-order valence-corrected chi connectivity index (χ1v) is 6.86. The van der Waals surface area contributed by atoms with Crippen LogP contribution in [0.25, 0.3) is 0 Å². The van der Waals surface area contributed by atoms with Gasteiger partial charge in [0.05, 0.1) is 6.54 Å². The van der Waals surface area contributed by atoms with E-state index < -0.39 is 0 Å². The molecule has 0 atom stereocenters. The minimum Gasteiger partial charge on any atom is -0.430 e. The number of halogens is 1. The fourth-order valence-corrected chi connectivity index (χ4v) is 2.08. The molecule has 0 bridgehead atoms. The largest absolute Gasteiger partial charge is 0.430 e. The summed E-state index contributed by atoms with van der Waals surface area (Å²) >= 11 is 1.38. The van der Waals surface area contributed by atoms with Crippen LogP contribution in [0.15, 0.2) is 18.2 Å². The topological polar surface area (TPSA) is 47.0 Å². The van der Waals surface area contributed by atoms with Crippen molar-refractivity contribution in [3.8, 4) is 10.9 Å². The maximum absolute atomic E-state index is 13.1. The quantitative estimate of drug-likeness (QED) is 0.913. The lowest BCUT2D eigenvalue weighted by molar-refractivity contribution is 0.470. The average Bonchev–Trinajstić information content (AvgIpc) is 2.79. The molecule has 0 saturated carbocycles. The van der Waals surface area contributed by atoms with Crippen molar-refractivity contribution in [1.82, 2.24) is 15.5 Å². The van der Waals surface area contributed by atoms with Crippen LogP contribution in [0.2, 0.25) is 0 Å². The molecule has 19 heavy (non-hydrogen) atoms. The van der Waals surface area contributed by atoms with Gasteiger partial charge in [-0.15, -0.1) is 5.10 Å². The van der Waals surface area contributed by atoms with E-state index in [1.165, 1.54) is 17.4 Å². The zero-order valence-electron chi connectivity index (χ0n) is 11.1. The summed E-state index contributed by atoms with van der Waals surface area (Å²) in [5.41, 5.74) is 0.545. The minimum atomic E-state index is -0.244. The van der Waals surface area contributed by atoms with Gasteiger partial charge in [0.15, 0.2) is 0 Å². The molecule has 0 fully saturated rings. The second kappa shape index (κ2) is 6.08. The van der Waals surface area contributed by atoms with Crippen molar-refractivity contribution in [2.24, 2.45) is 0 Å². The van der Waals surface area contributed by atoms with E-state index in [1.54, 1.807) is 19.1 Å². The molecule has 0 spiro atoms. The third-order valence-corrected chi connectivity index (χ3v) is 3.25. The Morgan fingerprint density at radius 3 is 2.84 bits per heavy atom. The Balaban J connectivity index is 2.01. The van der Waals surface area contributed by atoms with Crippen LogP contribution >= 0.6 is 11.3 Å². The van der Waals surface area contributed by atoms with Crippen LogP contribution in [0.3, 0.4) is 0 Å². The van der Waals surface area contributed by atoms with Gasteiger partial charge in [-0.25, -0.2) is 4.39 Å². The molecule has 6 heteroatoms. The summed E-state index contributed by atoms with van der Waals surface area (Å²) in [5, 5.41) is 12.6. The summed E-state index contributed by atoms with van der Waals surface area (Å²) in [6.07, 6.45) is 0. The third kappa shape index (κ3) is 3.97. The third-order valence-electron chi connectivity index (χ3n) is 2.44. The molecule has 2 rings (SSSR count). The molecule has 0 aliphatic carbocycles. The van der Waals surface area contributed by atoms with E-state index in [0.717, 1.165) is 5.01 Å². The molecule has 1 N–H and O–H groups in total. The van der Waals surface area contributed by atoms with E-state index >= 15 is 0 Å². The van der Waals surface area contributed by atoms with Gasteiger partial charge >= 0.3 is 0 Å². The van der Waals surface area contributed by atoms with Crippen LogP contribution in [-0.4, -0.2) is 16.2 Å². The highest BCUT2D eigenvalue weighted by molar-refractivity contribution is 7.13. The molecule has 1 aromatic heterocycles. The van der Waals surface area contributed by atoms with Gasteiger partial charge in [-0.3, -0.25) is 0 Å². The molecule has 0 radical (unpaired) electrons. The lowest BCUT2D eigenvalue weighted by Crippen LogP contribution is -2.21. The van der Waals surface area contributed by atoms with Gasteiger partial charge in [-0.05, 0) is 30.7 Å². The molecule has 2 aromatic rings. The van der Waals surface area contributed by atoms with Gasteiger partial charge in [0, 0.05) is 6.04 Å². The van der Waals surface area contributed by atoms with E-state index in [-0.39, 0.29) is 5.82 Å². The molecule has 0 aliphatic rings. The lowest BCUT2D eigenvalue weighted by atomic mass is 10.2. The first kappa shape index (κ1) is 13.9. The van der Waals surface area contributed by atoms with Gasteiger partial charge in [-0.2, -0.15) is 0 Å². The first-order chi connectivity index (χ1) is 9.04. The number of aryl methyl sites for hydroxylation is 1. The summed E-state index contributed by atoms with van der Waals surface area (Å²) in [4.78, 5) is 0. The maximum Gasteiger partial charge on any atom is 0.299 e. The van der Waals surface area contributed by atoms with Crippen molar-refractivity contribution in [3.05, 3.63) is 34.6 Å². The van der Waals surface area contributed by atoms with Crippen molar-refractivity contribution in [2.75, 3.05) is 0 Å². The summed E-state index contributed by atoms with van der Waals surface area (Å²) in [7, 11) is 0. The Morgan fingerprint density at radius 2 is 2.16 bits per heavy atom. The number of hydrogen-bond donors (Lipinski definition) is 1. The SMILES string of the molecule is Cc1cc(Oc2nnc(CNC(C)C)s2)ccc1F. The number of ether oxygens (including phenoxy) is 1. The number of nitrogens with zero attached hydrogens (tertiary/aromatic N) is 2. The van der Waals surface area contributed by atoms with Crippen LogP contribution in [0.4, 0.5) is 4.39 Å². The Kier molecular flexibility index (Phi) is 4.44. The van der Waals surface area contributed by atoms with Gasteiger partial charge in [0.1, 0.15) is 16.6 Å². The molecule has 1 aromatic carbocycles.